The highest BCUT2D eigenvalue weighted by atomic mass is 16.5. The summed E-state index contributed by atoms with van der Waals surface area (Å²) in [4.78, 5) is 30.4. The van der Waals surface area contributed by atoms with Gasteiger partial charge in [0.2, 0.25) is 0 Å². The van der Waals surface area contributed by atoms with E-state index in [0.717, 1.165) is 45.6 Å². The van der Waals surface area contributed by atoms with Gasteiger partial charge in [0, 0.05) is 44.0 Å². The van der Waals surface area contributed by atoms with Crippen LogP contribution >= 0.6 is 0 Å². The molecule has 0 unspecified atom stereocenters. The van der Waals surface area contributed by atoms with Crippen LogP contribution in [-0.4, -0.2) is 63.1 Å². The molecule has 7 heteroatoms. The van der Waals surface area contributed by atoms with Crippen molar-refractivity contribution < 1.29 is 14.3 Å². The van der Waals surface area contributed by atoms with E-state index in [4.69, 9.17) is 4.74 Å². The lowest BCUT2D eigenvalue weighted by molar-refractivity contribution is 0.0953. The minimum absolute atomic E-state index is 0.183. The first kappa shape index (κ1) is 25.3. The monoisotopic (exact) mass is 486 g/mol. The van der Waals surface area contributed by atoms with Crippen LogP contribution in [0.4, 0.5) is 11.4 Å². The van der Waals surface area contributed by atoms with E-state index in [1.54, 1.807) is 55.6 Å². The van der Waals surface area contributed by atoms with Crippen molar-refractivity contribution in [3.05, 3.63) is 90.0 Å². The normalized spacial score (nSPS) is 13.8. The zero-order valence-corrected chi connectivity index (χ0v) is 20.8. The van der Waals surface area contributed by atoms with Crippen LogP contribution in [0, 0.1) is 0 Å². The Labute approximate surface area is 213 Å². The Kier molecular flexibility index (Phi) is 8.94. The van der Waals surface area contributed by atoms with Gasteiger partial charge in [-0.15, -0.1) is 0 Å². The first-order valence-corrected chi connectivity index (χ1v) is 12.5. The lowest BCUT2D eigenvalue weighted by atomic mass is 10.1. The molecule has 0 atom stereocenters. The molecule has 3 aromatic rings. The summed E-state index contributed by atoms with van der Waals surface area (Å²) in [5.41, 5.74) is 2.74. The number of para-hydroxylation sites is 2. The molecular formula is C29H34N4O3. The molecular weight excluding hydrogens is 452 g/mol. The molecule has 36 heavy (non-hydrogen) atoms. The number of nitrogens with one attached hydrogen (secondary N) is 2. The number of methoxy groups -OCH3 is 1. The number of benzene rings is 3. The number of hydrogen-bond donors (Lipinski definition) is 2. The Bertz CT molecular complexity index is 1130. The largest absolute Gasteiger partial charge is 0.497 e. The molecule has 1 aliphatic rings. The van der Waals surface area contributed by atoms with E-state index in [0.29, 0.717) is 29.1 Å². The zero-order valence-electron chi connectivity index (χ0n) is 20.8. The Morgan fingerprint density at radius 1 is 0.806 bits per heavy atom. The van der Waals surface area contributed by atoms with Crippen LogP contribution in [0.2, 0.25) is 0 Å². The minimum Gasteiger partial charge on any atom is -0.497 e. The molecule has 2 amide bonds. The average molecular weight is 487 g/mol. The van der Waals surface area contributed by atoms with Gasteiger partial charge in [-0.25, -0.2) is 0 Å². The maximum absolute atomic E-state index is 12.8. The van der Waals surface area contributed by atoms with Gasteiger partial charge in [0.15, 0.2) is 0 Å². The van der Waals surface area contributed by atoms with Gasteiger partial charge in [0.1, 0.15) is 5.75 Å². The summed E-state index contributed by atoms with van der Waals surface area (Å²) >= 11 is 0. The van der Waals surface area contributed by atoms with Crippen molar-refractivity contribution in [2.45, 2.75) is 12.8 Å². The maximum Gasteiger partial charge on any atom is 0.255 e. The topological polar surface area (TPSA) is 73.9 Å². The Hall–Kier alpha value is -3.84. The Balaban J connectivity index is 1.19. The van der Waals surface area contributed by atoms with Gasteiger partial charge in [0.05, 0.1) is 18.4 Å². The minimum atomic E-state index is -0.273. The summed E-state index contributed by atoms with van der Waals surface area (Å²) in [6.07, 6.45) is 1.94. The molecule has 1 fully saturated rings. The molecule has 1 heterocycles. The number of amides is 2. The molecule has 0 aromatic heterocycles. The van der Waals surface area contributed by atoms with Gasteiger partial charge in [0.25, 0.3) is 11.8 Å². The number of nitrogens with zero attached hydrogens (tertiary/aromatic N) is 2. The van der Waals surface area contributed by atoms with Crippen LogP contribution in [0.15, 0.2) is 78.9 Å². The Morgan fingerprint density at radius 3 is 2.22 bits per heavy atom. The van der Waals surface area contributed by atoms with E-state index < -0.39 is 0 Å². The van der Waals surface area contributed by atoms with Crippen molar-refractivity contribution in [1.82, 2.24) is 10.2 Å². The molecule has 0 spiro atoms. The third-order valence-corrected chi connectivity index (χ3v) is 6.45. The van der Waals surface area contributed by atoms with Gasteiger partial charge in [-0.2, -0.15) is 0 Å². The van der Waals surface area contributed by atoms with E-state index in [1.165, 1.54) is 5.69 Å². The predicted molar refractivity (Wildman–Crippen MR) is 144 cm³/mol. The molecule has 3 aromatic carbocycles. The fourth-order valence-electron chi connectivity index (χ4n) is 4.35. The van der Waals surface area contributed by atoms with Gasteiger partial charge in [-0.05, 0) is 67.9 Å². The molecule has 7 nitrogen and oxygen atoms in total. The first-order chi connectivity index (χ1) is 17.6. The van der Waals surface area contributed by atoms with Crippen molar-refractivity contribution in [3.63, 3.8) is 0 Å². The molecule has 1 saturated heterocycles. The second-order valence-corrected chi connectivity index (χ2v) is 8.86. The van der Waals surface area contributed by atoms with Gasteiger partial charge >= 0.3 is 0 Å². The summed E-state index contributed by atoms with van der Waals surface area (Å²) in [6, 6.07) is 24.5. The predicted octanol–water partition coefficient (Wildman–Crippen LogP) is 4.28. The number of hydrogen-bond acceptors (Lipinski definition) is 5. The third kappa shape index (κ3) is 6.86. The zero-order chi connectivity index (χ0) is 25.2. The quantitative estimate of drug-likeness (QED) is 0.419. The van der Waals surface area contributed by atoms with Crippen LogP contribution in [0.5, 0.6) is 5.75 Å². The van der Waals surface area contributed by atoms with Crippen LogP contribution in [-0.2, 0) is 0 Å². The summed E-state index contributed by atoms with van der Waals surface area (Å²) in [5, 5.41) is 5.85. The van der Waals surface area contributed by atoms with E-state index in [9.17, 15) is 9.59 Å². The van der Waals surface area contributed by atoms with Crippen LogP contribution < -0.4 is 20.3 Å². The second-order valence-electron chi connectivity index (χ2n) is 8.86. The van der Waals surface area contributed by atoms with Crippen molar-refractivity contribution in [2.24, 2.45) is 0 Å². The van der Waals surface area contributed by atoms with Crippen molar-refractivity contribution in [1.29, 1.82) is 0 Å². The number of unbranched alkanes of at least 4 members (excludes halogenated alkanes) is 1. The van der Waals surface area contributed by atoms with Crippen LogP contribution in [0.3, 0.4) is 0 Å². The van der Waals surface area contributed by atoms with Gasteiger partial charge < -0.3 is 20.3 Å². The van der Waals surface area contributed by atoms with E-state index >= 15 is 0 Å². The first-order valence-electron chi connectivity index (χ1n) is 12.5. The summed E-state index contributed by atoms with van der Waals surface area (Å²) in [5.74, 6) is 0.225. The SMILES string of the molecule is COc1ccc(C(=O)Nc2ccccc2C(=O)NCCCCN2CCN(c3ccccc3)CC2)cc1. The van der Waals surface area contributed by atoms with Crippen molar-refractivity contribution in [3.8, 4) is 5.75 Å². The van der Waals surface area contributed by atoms with Gasteiger partial charge in [-0.1, -0.05) is 30.3 Å². The number of piperazine rings is 1. The third-order valence-electron chi connectivity index (χ3n) is 6.45. The number of rotatable bonds is 10. The van der Waals surface area contributed by atoms with Crippen molar-refractivity contribution >= 4 is 23.2 Å². The highest BCUT2D eigenvalue weighted by Crippen LogP contribution is 2.18. The summed E-state index contributed by atoms with van der Waals surface area (Å²) in [6.45, 7) is 5.83. The second kappa shape index (κ2) is 12.7. The lowest BCUT2D eigenvalue weighted by Crippen LogP contribution is -2.46. The smallest absolute Gasteiger partial charge is 0.255 e. The van der Waals surface area contributed by atoms with Crippen molar-refractivity contribution in [2.75, 3.05) is 56.6 Å². The van der Waals surface area contributed by atoms with Crippen LogP contribution in [0.1, 0.15) is 33.6 Å². The summed E-state index contributed by atoms with van der Waals surface area (Å²) in [7, 11) is 1.58. The lowest BCUT2D eigenvalue weighted by Gasteiger charge is -2.36. The molecule has 0 aliphatic carbocycles. The van der Waals surface area contributed by atoms with E-state index in [1.807, 2.05) is 0 Å². The van der Waals surface area contributed by atoms with E-state index in [-0.39, 0.29) is 11.8 Å². The maximum atomic E-state index is 12.8. The molecule has 2 N–H and O–H groups in total. The number of carbonyl (C=O) groups is 2. The standard InChI is InChI=1S/C29H34N4O3/c1-36-25-15-13-23(14-16-25)28(34)31-27-12-6-5-11-26(27)29(35)30-17-7-8-18-32-19-21-33(22-20-32)24-9-3-2-4-10-24/h2-6,9-16H,7-8,17-22H2,1H3,(H,30,35)(H,31,34). The number of anilines is 2. The molecule has 0 saturated carbocycles. The average Bonchev–Trinajstić information content (AvgIpc) is 2.94. The van der Waals surface area contributed by atoms with E-state index in [2.05, 4.69) is 50.8 Å². The summed E-state index contributed by atoms with van der Waals surface area (Å²) < 4.78 is 5.14. The number of carbonyl (C=O) groups excluding carboxylic acids is 2. The molecule has 0 bridgehead atoms. The number of ether oxygens (including phenoxy) is 1. The molecule has 0 radical (unpaired) electrons. The Morgan fingerprint density at radius 2 is 1.50 bits per heavy atom. The van der Waals surface area contributed by atoms with Crippen LogP contribution in [0.25, 0.3) is 0 Å². The molecule has 188 valence electrons. The highest BCUT2D eigenvalue weighted by molar-refractivity contribution is 6.09. The molecule has 1 aliphatic heterocycles. The highest BCUT2D eigenvalue weighted by Gasteiger charge is 2.17. The fourth-order valence-corrected chi connectivity index (χ4v) is 4.35. The molecule has 4 rings (SSSR count). The fraction of sp³-hybridized carbons (Fsp3) is 0.310. The van der Waals surface area contributed by atoms with Gasteiger partial charge in [-0.3, -0.25) is 14.5 Å².